The van der Waals surface area contributed by atoms with Gasteiger partial charge in [0.2, 0.25) is 0 Å². The van der Waals surface area contributed by atoms with Gasteiger partial charge in [-0.15, -0.1) is 0 Å². The first-order chi connectivity index (χ1) is 8.42. The Morgan fingerprint density at radius 3 is 2.72 bits per heavy atom. The van der Waals surface area contributed by atoms with E-state index in [-0.39, 0.29) is 6.04 Å². The molecular weight excluding hydrogens is 234 g/mol. The molecule has 0 aromatic carbocycles. The van der Waals surface area contributed by atoms with Crippen molar-refractivity contribution in [2.45, 2.75) is 38.8 Å². The van der Waals surface area contributed by atoms with Gasteiger partial charge in [0.15, 0.2) is 0 Å². The van der Waals surface area contributed by atoms with Crippen molar-refractivity contribution in [3.63, 3.8) is 0 Å². The minimum absolute atomic E-state index is 0.241. The molecule has 1 aromatic heterocycles. The number of hydrogen-bond donors (Lipinski definition) is 1. The summed E-state index contributed by atoms with van der Waals surface area (Å²) in [4.78, 5) is 11.7. The Morgan fingerprint density at radius 2 is 2.22 bits per heavy atom. The molecule has 1 amide bonds. The molecule has 18 heavy (non-hydrogen) atoms. The average Bonchev–Trinajstić information content (AvgIpc) is 2.74. The molecule has 0 spiro atoms. The zero-order chi connectivity index (χ0) is 13.6. The molecule has 0 bridgehead atoms. The van der Waals surface area contributed by atoms with Crippen LogP contribution in [-0.2, 0) is 9.47 Å². The summed E-state index contributed by atoms with van der Waals surface area (Å²) >= 11 is 0. The van der Waals surface area contributed by atoms with E-state index in [1.54, 1.807) is 19.4 Å². The van der Waals surface area contributed by atoms with E-state index in [4.69, 9.17) is 13.9 Å². The fraction of sp³-hybridized carbons (Fsp3) is 0.615. The number of carbonyl (C=O) groups is 1. The highest BCUT2D eigenvalue weighted by molar-refractivity contribution is 5.68. The summed E-state index contributed by atoms with van der Waals surface area (Å²) in [5, 5.41) is 2.78. The molecule has 0 unspecified atom stereocenters. The van der Waals surface area contributed by atoms with E-state index in [0.717, 1.165) is 0 Å². The van der Waals surface area contributed by atoms with Crippen LogP contribution in [0.1, 0.15) is 39.0 Å². The lowest BCUT2D eigenvalue weighted by Gasteiger charge is -2.22. The Bertz CT molecular complexity index is 354. The van der Waals surface area contributed by atoms with Crippen molar-refractivity contribution in [1.29, 1.82) is 0 Å². The van der Waals surface area contributed by atoms with Crippen LogP contribution in [0.15, 0.2) is 22.8 Å². The van der Waals surface area contributed by atoms with Gasteiger partial charge in [-0.25, -0.2) is 4.79 Å². The number of carbonyl (C=O) groups excluding carboxylic acids is 1. The first kappa shape index (κ1) is 14.6. The van der Waals surface area contributed by atoms with Gasteiger partial charge in [0, 0.05) is 13.7 Å². The van der Waals surface area contributed by atoms with Crippen LogP contribution in [0, 0.1) is 0 Å². The summed E-state index contributed by atoms with van der Waals surface area (Å²) in [6.45, 7) is 6.00. The van der Waals surface area contributed by atoms with E-state index in [1.165, 1.54) is 0 Å². The first-order valence-electron chi connectivity index (χ1n) is 5.94. The average molecular weight is 255 g/mol. The highest BCUT2D eigenvalue weighted by atomic mass is 16.6. The molecule has 0 saturated carbocycles. The maximum absolute atomic E-state index is 11.7. The van der Waals surface area contributed by atoms with Gasteiger partial charge in [0.05, 0.1) is 12.3 Å². The van der Waals surface area contributed by atoms with E-state index in [9.17, 15) is 4.79 Å². The summed E-state index contributed by atoms with van der Waals surface area (Å²) in [6.07, 6.45) is 1.75. The van der Waals surface area contributed by atoms with E-state index in [0.29, 0.717) is 18.8 Å². The van der Waals surface area contributed by atoms with Crippen LogP contribution in [-0.4, -0.2) is 25.4 Å². The number of furan rings is 1. The van der Waals surface area contributed by atoms with Crippen molar-refractivity contribution in [2.24, 2.45) is 0 Å². The van der Waals surface area contributed by atoms with Gasteiger partial charge in [-0.05, 0) is 39.3 Å². The number of ether oxygens (including phenoxy) is 2. The number of amides is 1. The van der Waals surface area contributed by atoms with Crippen molar-refractivity contribution in [3.05, 3.63) is 24.2 Å². The standard InChI is InChI=1S/C13H21NO4/c1-13(2,3)18-12(15)14-10(7-9-16-4)11-6-5-8-17-11/h5-6,8,10H,7,9H2,1-4H3,(H,14,15)/t10-/m0/s1. The molecule has 1 heterocycles. The molecule has 0 fully saturated rings. The smallest absolute Gasteiger partial charge is 0.408 e. The topological polar surface area (TPSA) is 60.7 Å². The maximum atomic E-state index is 11.7. The summed E-state index contributed by atoms with van der Waals surface area (Å²) in [7, 11) is 1.62. The van der Waals surface area contributed by atoms with Gasteiger partial charge in [0.1, 0.15) is 11.4 Å². The van der Waals surface area contributed by atoms with Gasteiger partial charge in [-0.2, -0.15) is 0 Å². The second-order valence-corrected chi connectivity index (χ2v) is 5.00. The normalized spacial score (nSPS) is 13.1. The quantitative estimate of drug-likeness (QED) is 0.878. The van der Waals surface area contributed by atoms with Crippen LogP contribution < -0.4 is 5.32 Å². The van der Waals surface area contributed by atoms with Crippen molar-refractivity contribution in [3.8, 4) is 0 Å². The summed E-state index contributed by atoms with van der Waals surface area (Å²) in [5.41, 5.74) is -0.515. The molecule has 0 saturated heterocycles. The molecular formula is C13H21NO4. The molecule has 0 radical (unpaired) electrons. The molecule has 1 N–H and O–H groups in total. The highest BCUT2D eigenvalue weighted by Gasteiger charge is 2.21. The maximum Gasteiger partial charge on any atom is 0.408 e. The van der Waals surface area contributed by atoms with E-state index < -0.39 is 11.7 Å². The number of hydrogen-bond acceptors (Lipinski definition) is 4. The molecule has 1 atom stereocenters. The van der Waals surface area contributed by atoms with Crippen molar-refractivity contribution >= 4 is 6.09 Å². The van der Waals surface area contributed by atoms with Crippen LogP contribution in [0.25, 0.3) is 0 Å². The molecule has 1 aromatic rings. The molecule has 5 heteroatoms. The molecule has 1 rings (SSSR count). The van der Waals surface area contributed by atoms with Crippen molar-refractivity contribution in [2.75, 3.05) is 13.7 Å². The van der Waals surface area contributed by atoms with Crippen LogP contribution in [0.3, 0.4) is 0 Å². The largest absolute Gasteiger partial charge is 0.467 e. The fourth-order valence-electron chi connectivity index (χ4n) is 1.46. The minimum Gasteiger partial charge on any atom is -0.467 e. The van der Waals surface area contributed by atoms with E-state index in [1.807, 2.05) is 26.8 Å². The Hall–Kier alpha value is -1.49. The monoisotopic (exact) mass is 255 g/mol. The molecule has 0 aliphatic heterocycles. The van der Waals surface area contributed by atoms with Gasteiger partial charge >= 0.3 is 6.09 Å². The molecule has 0 aliphatic carbocycles. The Labute approximate surface area is 107 Å². The zero-order valence-electron chi connectivity index (χ0n) is 11.4. The predicted molar refractivity (Wildman–Crippen MR) is 67.3 cm³/mol. The number of alkyl carbamates (subject to hydrolysis) is 1. The van der Waals surface area contributed by atoms with Crippen LogP contribution in [0.5, 0.6) is 0 Å². The Morgan fingerprint density at radius 1 is 1.50 bits per heavy atom. The zero-order valence-corrected chi connectivity index (χ0v) is 11.4. The molecule has 5 nitrogen and oxygen atoms in total. The number of methoxy groups -OCH3 is 1. The lowest BCUT2D eigenvalue weighted by atomic mass is 10.1. The van der Waals surface area contributed by atoms with E-state index >= 15 is 0 Å². The lowest BCUT2D eigenvalue weighted by molar-refractivity contribution is 0.0484. The number of nitrogens with one attached hydrogen (secondary N) is 1. The Kier molecular flexibility index (Phi) is 5.22. The fourth-order valence-corrected chi connectivity index (χ4v) is 1.46. The van der Waals surface area contributed by atoms with Gasteiger partial charge in [-0.1, -0.05) is 0 Å². The summed E-state index contributed by atoms with van der Waals surface area (Å²) in [6, 6.07) is 3.36. The number of rotatable bonds is 5. The molecule has 0 aliphatic rings. The van der Waals surface area contributed by atoms with Crippen molar-refractivity contribution < 1.29 is 18.7 Å². The second-order valence-electron chi connectivity index (χ2n) is 5.00. The van der Waals surface area contributed by atoms with E-state index in [2.05, 4.69) is 5.32 Å². The third kappa shape index (κ3) is 5.23. The van der Waals surface area contributed by atoms with Crippen molar-refractivity contribution in [1.82, 2.24) is 5.32 Å². The summed E-state index contributed by atoms with van der Waals surface area (Å²) in [5.74, 6) is 0.693. The Balaban J connectivity index is 2.59. The summed E-state index contributed by atoms with van der Waals surface area (Å²) < 4.78 is 15.5. The van der Waals surface area contributed by atoms with Crippen LogP contribution in [0.2, 0.25) is 0 Å². The third-order valence-electron chi connectivity index (χ3n) is 2.19. The van der Waals surface area contributed by atoms with Crippen LogP contribution >= 0.6 is 0 Å². The highest BCUT2D eigenvalue weighted by Crippen LogP contribution is 2.18. The van der Waals surface area contributed by atoms with Gasteiger partial charge in [-0.3, -0.25) is 0 Å². The van der Waals surface area contributed by atoms with Crippen LogP contribution in [0.4, 0.5) is 4.79 Å². The molecule has 102 valence electrons. The van der Waals surface area contributed by atoms with Gasteiger partial charge < -0.3 is 19.2 Å². The predicted octanol–water partition coefficient (Wildman–Crippen LogP) is 2.88. The van der Waals surface area contributed by atoms with Gasteiger partial charge in [0.25, 0.3) is 0 Å². The SMILES string of the molecule is COCC[C@H](NC(=O)OC(C)(C)C)c1ccco1. The second kappa shape index (κ2) is 6.44. The lowest BCUT2D eigenvalue weighted by Crippen LogP contribution is -2.35. The first-order valence-corrected chi connectivity index (χ1v) is 5.94. The third-order valence-corrected chi connectivity index (χ3v) is 2.19. The minimum atomic E-state index is -0.515.